The number of hydrogen-bond donors (Lipinski definition) is 1. The van der Waals surface area contributed by atoms with Crippen LogP contribution in [0.2, 0.25) is 0 Å². The van der Waals surface area contributed by atoms with Crippen molar-refractivity contribution in [3.05, 3.63) is 102 Å². The molecule has 0 aliphatic heterocycles. The van der Waals surface area contributed by atoms with Crippen molar-refractivity contribution in [3.8, 4) is 0 Å². The monoisotopic (exact) mass is 442 g/mol. The van der Waals surface area contributed by atoms with Crippen LogP contribution in [0.1, 0.15) is 46.9 Å². The van der Waals surface area contributed by atoms with Gasteiger partial charge in [-0.15, -0.1) is 0 Å². The quantitative estimate of drug-likeness (QED) is 0.343. The number of aliphatic hydroxyl groups excluding tert-OH is 1. The third-order valence-corrected chi connectivity index (χ3v) is 5.76. The number of nitrogens with zero attached hydrogens (tertiary/aromatic N) is 2. The number of hydrogen-bond acceptors (Lipinski definition) is 4. The van der Waals surface area contributed by atoms with Crippen molar-refractivity contribution < 1.29 is 14.6 Å². The predicted molar refractivity (Wildman–Crippen MR) is 130 cm³/mol. The van der Waals surface area contributed by atoms with E-state index in [1.807, 2.05) is 24.4 Å². The number of para-hydroxylation sites is 1. The van der Waals surface area contributed by atoms with Gasteiger partial charge < -0.3 is 14.4 Å². The Morgan fingerprint density at radius 2 is 1.88 bits per heavy atom. The fourth-order valence-electron chi connectivity index (χ4n) is 4.08. The fraction of sp³-hybridized carbons (Fsp3) is 0.286. The first kappa shape index (κ1) is 22.7. The van der Waals surface area contributed by atoms with Gasteiger partial charge in [-0.05, 0) is 54.3 Å². The molecular weight excluding hydrogens is 412 g/mol. The van der Waals surface area contributed by atoms with Gasteiger partial charge in [-0.2, -0.15) is 0 Å². The number of fused-ring (bicyclic) bond motifs is 1. The molecule has 4 rings (SSSR count). The molecule has 0 amide bonds. The Hall–Kier alpha value is -3.44. The summed E-state index contributed by atoms with van der Waals surface area (Å²) in [6.07, 6.45) is 6.90. The van der Waals surface area contributed by atoms with Crippen molar-refractivity contribution in [1.29, 1.82) is 0 Å². The van der Waals surface area contributed by atoms with Crippen molar-refractivity contribution >= 4 is 16.9 Å². The molecule has 0 aliphatic carbocycles. The zero-order valence-corrected chi connectivity index (χ0v) is 19.0. The van der Waals surface area contributed by atoms with E-state index in [1.54, 1.807) is 24.3 Å². The number of aliphatic hydroxyl groups is 1. The van der Waals surface area contributed by atoms with Gasteiger partial charge in [-0.3, -0.25) is 4.98 Å². The molecule has 0 saturated heterocycles. The zero-order valence-electron chi connectivity index (χ0n) is 19.0. The van der Waals surface area contributed by atoms with Crippen molar-refractivity contribution in [2.75, 3.05) is 6.61 Å². The molecule has 0 unspecified atom stereocenters. The van der Waals surface area contributed by atoms with E-state index in [9.17, 15) is 9.90 Å². The van der Waals surface area contributed by atoms with Crippen molar-refractivity contribution in [1.82, 2.24) is 9.55 Å². The van der Waals surface area contributed by atoms with Crippen LogP contribution >= 0.6 is 0 Å². The summed E-state index contributed by atoms with van der Waals surface area (Å²) in [7, 11) is 0. The van der Waals surface area contributed by atoms with Crippen LogP contribution in [0.4, 0.5) is 0 Å². The normalized spacial score (nSPS) is 12.1. The van der Waals surface area contributed by atoms with E-state index >= 15 is 0 Å². The summed E-state index contributed by atoms with van der Waals surface area (Å²) in [4.78, 5) is 16.7. The van der Waals surface area contributed by atoms with E-state index in [0.29, 0.717) is 12.0 Å². The maximum absolute atomic E-state index is 12.2. The van der Waals surface area contributed by atoms with Crippen LogP contribution in [0.15, 0.2) is 79.1 Å². The second-order valence-electron chi connectivity index (χ2n) is 8.38. The topological polar surface area (TPSA) is 64.3 Å². The zero-order chi connectivity index (χ0) is 23.0. The van der Waals surface area contributed by atoms with E-state index in [-0.39, 0.29) is 6.61 Å². The van der Waals surface area contributed by atoms with Crippen molar-refractivity contribution in [2.24, 2.45) is 0 Å². The van der Waals surface area contributed by atoms with Gasteiger partial charge in [0.15, 0.2) is 0 Å². The van der Waals surface area contributed by atoms with Gasteiger partial charge >= 0.3 is 5.97 Å². The molecule has 0 bridgehead atoms. The van der Waals surface area contributed by atoms with E-state index in [0.717, 1.165) is 48.0 Å². The fourth-order valence-corrected chi connectivity index (χ4v) is 4.08. The minimum absolute atomic E-state index is 0.0433. The molecular formula is C28H30N2O3. The molecule has 0 radical (unpaired) electrons. The summed E-state index contributed by atoms with van der Waals surface area (Å²) >= 11 is 0. The van der Waals surface area contributed by atoms with E-state index in [4.69, 9.17) is 4.74 Å². The van der Waals surface area contributed by atoms with Crippen LogP contribution in [0.25, 0.3) is 10.9 Å². The number of unbranched alkanes of at least 4 members (excludes halogenated alkanes) is 1. The Morgan fingerprint density at radius 1 is 1.09 bits per heavy atom. The number of ether oxygens (including phenoxy) is 1. The van der Waals surface area contributed by atoms with Crippen molar-refractivity contribution in [2.45, 2.75) is 45.3 Å². The standard InChI is InChI=1S/C28H30N2O3/c1-2-3-11-24-16-21(14-15-29-24)18-30-19-23(26-12-7-8-13-27(26)30)17-25(31)20-33-28(32)22-9-5-4-6-10-22/h4-10,12-16,19,25,31H,2-3,11,17-18,20H2,1H3/t25-/m0/s1. The van der Waals surface area contributed by atoms with Gasteiger partial charge in [0.05, 0.1) is 11.7 Å². The summed E-state index contributed by atoms with van der Waals surface area (Å²) in [5.74, 6) is -0.423. The predicted octanol–water partition coefficient (Wildman–Crippen LogP) is 5.19. The van der Waals surface area contributed by atoms with Crippen LogP contribution in [0.5, 0.6) is 0 Å². The maximum Gasteiger partial charge on any atom is 0.338 e. The summed E-state index contributed by atoms with van der Waals surface area (Å²) in [5.41, 5.74) is 4.97. The highest BCUT2D eigenvalue weighted by molar-refractivity contribution is 5.89. The second-order valence-corrected chi connectivity index (χ2v) is 8.38. The van der Waals surface area contributed by atoms with Gasteiger partial charge in [0.2, 0.25) is 0 Å². The number of carbonyl (C=O) groups excluding carboxylic acids is 1. The average Bonchev–Trinajstić information content (AvgIpc) is 3.19. The molecule has 2 heterocycles. The lowest BCUT2D eigenvalue weighted by atomic mass is 10.1. The molecule has 2 aromatic carbocycles. The molecule has 5 nitrogen and oxygen atoms in total. The highest BCUT2D eigenvalue weighted by atomic mass is 16.5. The number of aryl methyl sites for hydroxylation is 1. The number of carbonyl (C=O) groups is 1. The molecule has 0 fully saturated rings. The molecule has 1 N–H and O–H groups in total. The molecule has 0 spiro atoms. The number of esters is 1. The SMILES string of the molecule is CCCCc1cc(Cn2cc(C[C@H](O)COC(=O)c3ccccc3)c3ccccc32)ccn1. The number of benzene rings is 2. The van der Waals surface area contributed by atoms with Gasteiger partial charge in [0.25, 0.3) is 0 Å². The first-order chi connectivity index (χ1) is 16.1. The highest BCUT2D eigenvalue weighted by Crippen LogP contribution is 2.24. The van der Waals surface area contributed by atoms with Gasteiger partial charge in [0.1, 0.15) is 6.61 Å². The Bertz CT molecular complexity index is 1200. The molecule has 0 aliphatic rings. The Morgan fingerprint density at radius 3 is 2.70 bits per heavy atom. The third kappa shape index (κ3) is 5.88. The van der Waals surface area contributed by atoms with Crippen LogP contribution in [-0.2, 0) is 24.1 Å². The summed E-state index contributed by atoms with van der Waals surface area (Å²) < 4.78 is 7.53. The van der Waals surface area contributed by atoms with E-state index in [1.165, 1.54) is 5.56 Å². The Balaban J connectivity index is 1.46. The third-order valence-electron chi connectivity index (χ3n) is 5.76. The molecule has 2 aromatic heterocycles. The van der Waals surface area contributed by atoms with Crippen LogP contribution < -0.4 is 0 Å². The summed E-state index contributed by atoms with van der Waals surface area (Å²) in [6.45, 7) is 2.88. The lowest BCUT2D eigenvalue weighted by molar-refractivity contribution is 0.0259. The van der Waals surface area contributed by atoms with Crippen LogP contribution in [-0.4, -0.2) is 33.3 Å². The Kier molecular flexibility index (Phi) is 7.53. The van der Waals surface area contributed by atoms with E-state index < -0.39 is 12.1 Å². The molecule has 1 atom stereocenters. The minimum Gasteiger partial charge on any atom is -0.459 e. The summed E-state index contributed by atoms with van der Waals surface area (Å²) in [6, 6.07) is 21.3. The molecule has 4 aromatic rings. The molecule has 33 heavy (non-hydrogen) atoms. The minimum atomic E-state index is -0.779. The average molecular weight is 443 g/mol. The molecule has 0 saturated carbocycles. The van der Waals surface area contributed by atoms with E-state index in [2.05, 4.69) is 46.9 Å². The number of rotatable bonds is 10. The summed E-state index contributed by atoms with van der Waals surface area (Å²) in [5, 5.41) is 11.7. The second kappa shape index (κ2) is 10.9. The Labute approximate surface area is 194 Å². The highest BCUT2D eigenvalue weighted by Gasteiger charge is 2.15. The number of aromatic nitrogens is 2. The first-order valence-corrected chi connectivity index (χ1v) is 11.5. The van der Waals surface area contributed by atoms with Crippen LogP contribution in [0, 0.1) is 0 Å². The van der Waals surface area contributed by atoms with Gasteiger partial charge in [-0.1, -0.05) is 49.7 Å². The lowest BCUT2D eigenvalue weighted by Crippen LogP contribution is -2.20. The molecule has 5 heteroatoms. The number of pyridine rings is 1. The van der Waals surface area contributed by atoms with Crippen molar-refractivity contribution in [3.63, 3.8) is 0 Å². The van der Waals surface area contributed by atoms with Crippen LogP contribution in [0.3, 0.4) is 0 Å². The van der Waals surface area contributed by atoms with Gasteiger partial charge in [0, 0.05) is 42.0 Å². The van der Waals surface area contributed by atoms with Gasteiger partial charge in [-0.25, -0.2) is 4.79 Å². The largest absolute Gasteiger partial charge is 0.459 e. The lowest BCUT2D eigenvalue weighted by Gasteiger charge is -2.11. The first-order valence-electron chi connectivity index (χ1n) is 11.5. The molecule has 170 valence electrons. The maximum atomic E-state index is 12.2. The smallest absolute Gasteiger partial charge is 0.338 e.